The molecule has 1 fully saturated rings. The Morgan fingerprint density at radius 3 is 2.31 bits per heavy atom. The number of phosphoric ester groups is 1. The van der Waals surface area contributed by atoms with Crippen LogP contribution in [0.5, 0.6) is 0 Å². The zero-order valence-electron chi connectivity index (χ0n) is 42.2. The molecule has 81 heavy (non-hydrogen) atoms. The molecular weight excluding hydrogens is 1200 g/mol. The number of amides is 3. The van der Waals surface area contributed by atoms with Gasteiger partial charge in [-0.05, 0) is 68.0 Å². The Labute approximate surface area is 462 Å². The number of nitrogens with one attached hydrogen (secondary N) is 4. The molecule has 2 aromatic heterocycles. The number of H-pyrrole nitrogens is 1. The number of fused-ring (bicyclic) bond motifs is 3. The van der Waals surface area contributed by atoms with Gasteiger partial charge in [-0.15, -0.1) is 0 Å². The predicted molar refractivity (Wildman–Crippen MR) is 285 cm³/mol. The molecule has 440 valence electrons. The molecule has 6 atom stereocenters. The minimum Gasteiger partial charge on any atom is -0.453 e. The Kier molecular flexibility index (Phi) is 19.1. The van der Waals surface area contributed by atoms with Crippen LogP contribution in [0.1, 0.15) is 43.3 Å². The Morgan fingerprint density at radius 2 is 1.64 bits per heavy atom. The second-order valence-corrected chi connectivity index (χ2v) is 25.8. The lowest BCUT2D eigenvalue weighted by Crippen LogP contribution is -2.42. The van der Waals surface area contributed by atoms with E-state index in [1.54, 1.807) is 26.0 Å². The first kappa shape index (κ1) is 62.5. The maximum absolute atomic E-state index is 14.3. The number of benzene rings is 3. The van der Waals surface area contributed by atoms with E-state index in [9.17, 15) is 78.9 Å². The number of carbonyl (C=O) groups excluding carboxylic acids is 3. The van der Waals surface area contributed by atoms with Crippen LogP contribution < -0.4 is 32.6 Å². The number of aromatic nitrogens is 4. The van der Waals surface area contributed by atoms with E-state index in [1.165, 1.54) is 48.3 Å². The lowest BCUT2D eigenvalue weighted by Gasteiger charge is -2.23. The number of aliphatic hydroxyl groups excluding tert-OH is 1. The molecule has 13 N–H and O–H groups in total. The fraction of sp³-hybridized carbons (Fsp3) is 0.357. The van der Waals surface area contributed by atoms with Crippen LogP contribution in [-0.4, -0.2) is 158 Å². The Hall–Kier alpha value is -6.14. The van der Waals surface area contributed by atoms with Gasteiger partial charge in [0.25, 0.3) is 31.7 Å². The number of anilines is 2. The molecule has 7 rings (SSSR count). The lowest BCUT2D eigenvalue weighted by atomic mass is 9.90. The van der Waals surface area contributed by atoms with Crippen LogP contribution in [0.3, 0.4) is 0 Å². The molecule has 1 saturated heterocycles. The number of aromatic amines is 1. The minimum absolute atomic E-state index is 0.00854. The Bertz CT molecular complexity index is 3910. The van der Waals surface area contributed by atoms with E-state index in [2.05, 4.69) is 56.3 Å². The van der Waals surface area contributed by atoms with Gasteiger partial charge < -0.3 is 65.2 Å². The fourth-order valence-electron chi connectivity index (χ4n) is 8.50. The second kappa shape index (κ2) is 24.8. The molecule has 2 aromatic carbocycles. The number of aliphatic hydroxyl groups is 1. The highest BCUT2D eigenvalue weighted by Gasteiger charge is 2.50. The number of carbonyl (C=O) groups is 3. The highest BCUT2D eigenvalue weighted by molar-refractivity contribution is 8.08. The van der Waals surface area contributed by atoms with Crippen molar-refractivity contribution in [2.75, 3.05) is 57.4 Å². The van der Waals surface area contributed by atoms with Gasteiger partial charge in [0.05, 0.1) is 24.0 Å². The molecule has 2 aliphatic heterocycles. The van der Waals surface area contributed by atoms with E-state index in [0.717, 1.165) is 10.9 Å². The van der Waals surface area contributed by atoms with Gasteiger partial charge in [0.2, 0.25) is 11.9 Å². The number of rotatable bonds is 23. The lowest BCUT2D eigenvalue weighted by molar-refractivity contribution is -0.121. The summed E-state index contributed by atoms with van der Waals surface area (Å²) in [6.07, 6.45) is -7.45. The van der Waals surface area contributed by atoms with Gasteiger partial charge in [-0.25, -0.2) is 23.2 Å². The monoisotopic (exact) mass is 1250 g/mol. The molecule has 0 radical (unpaired) electrons. The van der Waals surface area contributed by atoms with Crippen LogP contribution >= 0.6 is 22.4 Å². The topological polar surface area (TPSA) is 496 Å². The summed E-state index contributed by atoms with van der Waals surface area (Å²) >= 11 is 4.07. The number of imidazole rings is 1. The summed E-state index contributed by atoms with van der Waals surface area (Å²) in [4.78, 5) is 105. The molecule has 3 amide bonds. The normalized spacial score (nSPS) is 18.6. The number of ether oxygens (including phenoxy) is 2. The number of nitrogen functional groups attached to an aromatic ring is 1. The highest BCUT2D eigenvalue weighted by atomic mass is 32.5. The number of alkyl carbamates (subject to hydrolysis) is 1. The first-order chi connectivity index (χ1) is 37.8. The Balaban J connectivity index is 1.02. The van der Waals surface area contributed by atoms with Gasteiger partial charge in [0, 0.05) is 68.3 Å². The zero-order chi connectivity index (χ0) is 59.6. The smallest absolute Gasteiger partial charge is 0.453 e. The van der Waals surface area contributed by atoms with Crippen molar-refractivity contribution in [1.29, 1.82) is 0 Å². The highest BCUT2D eigenvalue weighted by Crippen LogP contribution is 2.66. The molecule has 2 unspecified atom stereocenters. The maximum atomic E-state index is 14.3. The summed E-state index contributed by atoms with van der Waals surface area (Å²) in [7, 11) is -20.3. The van der Waals surface area contributed by atoms with E-state index in [-0.39, 0.29) is 101 Å². The van der Waals surface area contributed by atoms with Crippen molar-refractivity contribution < 1.29 is 101 Å². The molecule has 4 aromatic rings. The number of hydrogen-bond donors (Lipinski definition) is 12. The Morgan fingerprint density at radius 1 is 0.951 bits per heavy atom. The van der Waals surface area contributed by atoms with Gasteiger partial charge in [-0.2, -0.15) is 26.1 Å². The van der Waals surface area contributed by atoms with Gasteiger partial charge in [-0.1, -0.05) is 18.2 Å². The average molecular weight is 1250 g/mol. The third-order valence-electron chi connectivity index (χ3n) is 11.6. The second-order valence-electron chi connectivity index (χ2n) is 17.3. The van der Waals surface area contributed by atoms with E-state index < -0.39 is 118 Å². The van der Waals surface area contributed by atoms with Crippen molar-refractivity contribution in [2.24, 2.45) is 4.99 Å². The van der Waals surface area contributed by atoms with Gasteiger partial charge in [0.1, 0.15) is 12.2 Å². The summed E-state index contributed by atoms with van der Waals surface area (Å²) in [5, 5.41) is 18.8. The van der Waals surface area contributed by atoms with Crippen molar-refractivity contribution in [2.45, 2.75) is 61.0 Å². The van der Waals surface area contributed by atoms with Crippen molar-refractivity contribution in [3.05, 3.63) is 76.1 Å². The molecule has 39 heteroatoms. The molecule has 0 saturated carbocycles. The summed E-state index contributed by atoms with van der Waals surface area (Å²) < 4.78 is 129. The average Bonchev–Trinajstić information content (AvgIpc) is 3.87. The van der Waals surface area contributed by atoms with Crippen LogP contribution in [0.25, 0.3) is 44.6 Å². The molecular formula is C42H51N10O23P3S3. The molecule has 4 heterocycles. The van der Waals surface area contributed by atoms with E-state index in [4.69, 9.17) is 24.1 Å². The van der Waals surface area contributed by atoms with Gasteiger partial charge in [0.15, 0.2) is 44.6 Å². The molecule has 0 bridgehead atoms. The molecule has 33 nitrogen and oxygen atoms in total. The molecule has 1 aliphatic carbocycles. The van der Waals surface area contributed by atoms with Crippen LogP contribution in [0, 0.1) is 0 Å². The first-order valence-corrected chi connectivity index (χ1v) is 32.0. The van der Waals surface area contributed by atoms with E-state index in [1.807, 2.05) is 0 Å². The fourth-order valence-corrected chi connectivity index (χ4v) is 13.9. The quantitative estimate of drug-likeness (QED) is 0.0187. The number of phosphoric acid groups is 2. The van der Waals surface area contributed by atoms with Gasteiger partial charge >= 0.3 is 28.5 Å². The summed E-state index contributed by atoms with van der Waals surface area (Å²) in [6.45, 7) is -3.12. The largest absolute Gasteiger partial charge is 0.488 e. The predicted octanol–water partition coefficient (Wildman–Crippen LogP) is 1.55. The zero-order valence-corrected chi connectivity index (χ0v) is 47.3. The van der Waals surface area contributed by atoms with Gasteiger partial charge in [-0.3, -0.25) is 42.6 Å². The third-order valence-corrected chi connectivity index (χ3v) is 17.9. The number of hydrogen-bond acceptors (Lipinski definition) is 23. The van der Waals surface area contributed by atoms with Crippen LogP contribution in [0.15, 0.2) is 78.9 Å². The standard InChI is InChI=1S/C42H51N10O23P3S3/c1-4-44-25-14-12-23-29(24-13-15-26(45-5-2)36(81(67,68)69)33(24)72-32(23)35(25)80(64,65)66)21-9-6-7-10-22(21)39(56)51(3)18-8-11-28(53)46-16-17-47-42(57)73-34-27(19-70-76(58,59)74-77(60,61)75-78(62,63)79)71-40(31(34)54)52-20-48-30-37(52)49-41(43)50-38(30)55/h6-7,9-10,12-15,20,27,31,34,40,44,54H,4-5,8,11,16-19H2,1-3H3,(H,46,53)(H,47,57)(H,58,59)(H,60,61)(H2,62,63,79)(H,64,65,66)(H,67,68,69)(H3,43,49,50,55)/t27-,31-,34-,40-/m1/s1. The molecule has 0 spiro atoms. The van der Waals surface area contributed by atoms with Crippen LogP contribution in [0.4, 0.5) is 16.4 Å². The van der Waals surface area contributed by atoms with Crippen molar-refractivity contribution in [1.82, 2.24) is 35.1 Å². The maximum Gasteiger partial charge on any atom is 0.488 e. The first-order valence-electron chi connectivity index (χ1n) is 23.5. The number of nitrogens with zero attached hydrogens (tertiary/aromatic N) is 5. The van der Waals surface area contributed by atoms with Crippen molar-refractivity contribution in [3.63, 3.8) is 0 Å². The summed E-state index contributed by atoms with van der Waals surface area (Å²) in [5.74, 6) is -2.05. The van der Waals surface area contributed by atoms with E-state index in [0.29, 0.717) is 0 Å². The third kappa shape index (κ3) is 14.7. The summed E-state index contributed by atoms with van der Waals surface area (Å²) in [5.41, 5.74) is 4.02. The SMILES string of the molecule is CCN=c1ccc2c(-c3ccccc3C(=O)N(C)CCCC(=O)NCCNC(=O)O[C@H]3[C@@H](O)[C@H](n4cnc5c(=O)[nH]c(N)nc54)O[C@@H]3COP(=O)(O)OP(=O)(O)OP(O)(O)=S)c3ccc(NCC)c(S(=O)(=O)O)c3oc-2c1S(=O)(=O)O. The van der Waals surface area contributed by atoms with Crippen molar-refractivity contribution >= 4 is 106 Å². The minimum atomic E-state index is -5.76. The van der Waals surface area contributed by atoms with Crippen molar-refractivity contribution in [3.8, 4) is 22.5 Å². The van der Waals surface area contributed by atoms with E-state index >= 15 is 0 Å². The molecule has 3 aliphatic rings. The van der Waals surface area contributed by atoms with Crippen LogP contribution in [0.2, 0.25) is 0 Å². The van der Waals surface area contributed by atoms with Crippen LogP contribution in [-0.2, 0) is 68.6 Å². The number of nitrogens with two attached hydrogens (primary N) is 1. The summed E-state index contributed by atoms with van der Waals surface area (Å²) in [6, 6.07) is 11.6.